The van der Waals surface area contributed by atoms with E-state index in [1.165, 1.54) is 6.07 Å². The number of hydrogen-bond acceptors (Lipinski definition) is 3. The van der Waals surface area contributed by atoms with Crippen molar-refractivity contribution in [2.75, 3.05) is 10.5 Å². The van der Waals surface area contributed by atoms with E-state index in [-0.39, 0.29) is 4.90 Å². The first-order chi connectivity index (χ1) is 9.29. The van der Waals surface area contributed by atoms with E-state index in [2.05, 4.69) is 20.7 Å². The van der Waals surface area contributed by atoms with Gasteiger partial charge in [-0.2, -0.15) is 0 Å². The smallest absolute Gasteiger partial charge is 0.261 e. The van der Waals surface area contributed by atoms with Crippen LogP contribution in [0.5, 0.6) is 0 Å². The minimum absolute atomic E-state index is 0.191. The van der Waals surface area contributed by atoms with Crippen LogP contribution in [0.2, 0.25) is 0 Å². The molecule has 2 aromatic rings. The molecular weight excluding hydrogens is 340 g/mol. The van der Waals surface area contributed by atoms with E-state index in [1.807, 2.05) is 19.1 Å². The SMILES string of the molecule is Cc1ccc(NS(=O)(=O)c2ccc(N)c(C)c2)c(Br)c1. The molecule has 0 fully saturated rings. The minimum Gasteiger partial charge on any atom is -0.399 e. The van der Waals surface area contributed by atoms with Crippen LogP contribution in [0.3, 0.4) is 0 Å². The number of anilines is 2. The number of halogens is 1. The predicted octanol–water partition coefficient (Wildman–Crippen LogP) is 3.45. The summed E-state index contributed by atoms with van der Waals surface area (Å²) in [7, 11) is -3.62. The molecule has 0 heterocycles. The van der Waals surface area contributed by atoms with Crippen molar-refractivity contribution in [2.24, 2.45) is 0 Å². The van der Waals surface area contributed by atoms with Gasteiger partial charge in [0.05, 0.1) is 10.6 Å². The molecule has 0 saturated carbocycles. The van der Waals surface area contributed by atoms with E-state index in [9.17, 15) is 8.42 Å². The Hall–Kier alpha value is -1.53. The van der Waals surface area contributed by atoms with Crippen LogP contribution >= 0.6 is 15.9 Å². The Kier molecular flexibility index (Phi) is 4.06. The molecule has 0 unspecified atom stereocenters. The number of benzene rings is 2. The van der Waals surface area contributed by atoms with Crippen LogP contribution in [-0.4, -0.2) is 8.42 Å². The van der Waals surface area contributed by atoms with E-state index in [1.54, 1.807) is 25.1 Å². The second-order valence-electron chi connectivity index (χ2n) is 4.61. The highest BCUT2D eigenvalue weighted by atomic mass is 79.9. The molecule has 0 aliphatic rings. The number of nitrogens with two attached hydrogens (primary N) is 1. The molecule has 0 aliphatic carbocycles. The monoisotopic (exact) mass is 354 g/mol. The van der Waals surface area contributed by atoms with E-state index >= 15 is 0 Å². The standard InChI is InChI=1S/C14H15BrN2O2S/c1-9-3-6-14(12(15)7-9)17-20(18,19)11-4-5-13(16)10(2)8-11/h3-8,17H,16H2,1-2H3. The van der Waals surface area contributed by atoms with Crippen LogP contribution in [0, 0.1) is 13.8 Å². The van der Waals surface area contributed by atoms with Crippen LogP contribution < -0.4 is 10.5 Å². The first kappa shape index (κ1) is 14.9. The number of sulfonamides is 1. The van der Waals surface area contributed by atoms with Crippen molar-refractivity contribution in [1.29, 1.82) is 0 Å². The van der Waals surface area contributed by atoms with Crippen LogP contribution in [-0.2, 0) is 10.0 Å². The lowest BCUT2D eigenvalue weighted by Crippen LogP contribution is -2.13. The Morgan fingerprint density at radius 3 is 2.40 bits per heavy atom. The number of hydrogen-bond donors (Lipinski definition) is 2. The van der Waals surface area contributed by atoms with Crippen molar-refractivity contribution in [1.82, 2.24) is 0 Å². The Bertz CT molecular complexity index is 758. The molecule has 0 amide bonds. The summed E-state index contributed by atoms with van der Waals surface area (Å²) in [6, 6.07) is 10.1. The van der Waals surface area contributed by atoms with Gasteiger partial charge in [0, 0.05) is 10.2 Å². The van der Waals surface area contributed by atoms with Gasteiger partial charge in [0.2, 0.25) is 0 Å². The lowest BCUT2D eigenvalue weighted by Gasteiger charge is -2.11. The second kappa shape index (κ2) is 5.46. The summed E-state index contributed by atoms with van der Waals surface area (Å²) in [6.45, 7) is 3.71. The maximum atomic E-state index is 12.3. The van der Waals surface area contributed by atoms with Gasteiger partial charge in [0.15, 0.2) is 0 Å². The summed E-state index contributed by atoms with van der Waals surface area (Å²) < 4.78 is 27.9. The van der Waals surface area contributed by atoms with Gasteiger partial charge in [-0.05, 0) is 71.2 Å². The molecule has 4 nitrogen and oxygen atoms in total. The number of aryl methyl sites for hydroxylation is 2. The molecule has 0 aliphatic heterocycles. The third kappa shape index (κ3) is 3.13. The highest BCUT2D eigenvalue weighted by molar-refractivity contribution is 9.10. The maximum Gasteiger partial charge on any atom is 0.261 e. The fourth-order valence-corrected chi connectivity index (χ4v) is 3.61. The average molecular weight is 355 g/mol. The highest BCUT2D eigenvalue weighted by Crippen LogP contribution is 2.26. The second-order valence-corrected chi connectivity index (χ2v) is 7.14. The summed E-state index contributed by atoms with van der Waals surface area (Å²) in [6.07, 6.45) is 0. The Morgan fingerprint density at radius 2 is 1.80 bits per heavy atom. The van der Waals surface area contributed by atoms with E-state index in [0.717, 1.165) is 11.1 Å². The molecule has 106 valence electrons. The average Bonchev–Trinajstić information content (AvgIpc) is 2.36. The molecule has 3 N–H and O–H groups in total. The lowest BCUT2D eigenvalue weighted by molar-refractivity contribution is 0.601. The zero-order valence-electron chi connectivity index (χ0n) is 11.1. The van der Waals surface area contributed by atoms with Gasteiger partial charge in [0.25, 0.3) is 10.0 Å². The van der Waals surface area contributed by atoms with Crippen molar-refractivity contribution in [3.05, 3.63) is 52.0 Å². The largest absolute Gasteiger partial charge is 0.399 e. The zero-order chi connectivity index (χ0) is 14.9. The van der Waals surface area contributed by atoms with Gasteiger partial charge < -0.3 is 5.73 Å². The summed E-state index contributed by atoms with van der Waals surface area (Å²) >= 11 is 3.35. The van der Waals surface area contributed by atoms with Crippen molar-refractivity contribution in [3.63, 3.8) is 0 Å². The molecule has 0 bridgehead atoms. The molecule has 2 rings (SSSR count). The van der Waals surface area contributed by atoms with Gasteiger partial charge in [0.1, 0.15) is 0 Å². The summed E-state index contributed by atoms with van der Waals surface area (Å²) in [5.74, 6) is 0. The molecule has 0 spiro atoms. The van der Waals surface area contributed by atoms with Crippen LogP contribution in [0.1, 0.15) is 11.1 Å². The summed E-state index contributed by atoms with van der Waals surface area (Å²) in [5, 5.41) is 0. The molecular formula is C14H15BrN2O2S. The van der Waals surface area contributed by atoms with Crippen molar-refractivity contribution < 1.29 is 8.42 Å². The van der Waals surface area contributed by atoms with Gasteiger partial charge >= 0.3 is 0 Å². The van der Waals surface area contributed by atoms with Crippen LogP contribution in [0.25, 0.3) is 0 Å². The first-order valence-electron chi connectivity index (χ1n) is 5.95. The first-order valence-corrected chi connectivity index (χ1v) is 8.22. The molecule has 6 heteroatoms. The Balaban J connectivity index is 2.38. The van der Waals surface area contributed by atoms with Gasteiger partial charge in [-0.15, -0.1) is 0 Å². The quantitative estimate of drug-likeness (QED) is 0.829. The summed E-state index contributed by atoms with van der Waals surface area (Å²) in [5.41, 5.74) is 8.55. The van der Waals surface area contributed by atoms with Gasteiger partial charge in [-0.25, -0.2) is 8.42 Å². The predicted molar refractivity (Wildman–Crippen MR) is 85.3 cm³/mol. The summed E-state index contributed by atoms with van der Waals surface area (Å²) in [4.78, 5) is 0.191. The maximum absolute atomic E-state index is 12.3. The number of rotatable bonds is 3. The van der Waals surface area contributed by atoms with E-state index in [4.69, 9.17) is 5.73 Å². The third-order valence-electron chi connectivity index (χ3n) is 2.92. The van der Waals surface area contributed by atoms with Crippen molar-refractivity contribution >= 4 is 37.3 Å². The highest BCUT2D eigenvalue weighted by Gasteiger charge is 2.16. The van der Waals surface area contributed by atoms with Crippen molar-refractivity contribution in [3.8, 4) is 0 Å². The normalized spacial score (nSPS) is 11.3. The fraction of sp³-hybridized carbons (Fsp3) is 0.143. The van der Waals surface area contributed by atoms with E-state index < -0.39 is 10.0 Å². The van der Waals surface area contributed by atoms with Crippen LogP contribution in [0.15, 0.2) is 45.8 Å². The van der Waals surface area contributed by atoms with Gasteiger partial charge in [-0.1, -0.05) is 6.07 Å². The molecule has 0 atom stereocenters. The zero-order valence-corrected chi connectivity index (χ0v) is 13.5. The van der Waals surface area contributed by atoms with Gasteiger partial charge in [-0.3, -0.25) is 4.72 Å². The topological polar surface area (TPSA) is 72.2 Å². The molecule has 0 saturated heterocycles. The Labute approximate surface area is 127 Å². The van der Waals surface area contributed by atoms with Crippen LogP contribution in [0.4, 0.5) is 11.4 Å². The molecule has 2 aromatic carbocycles. The minimum atomic E-state index is -3.62. The number of nitrogen functional groups attached to an aromatic ring is 1. The molecule has 0 radical (unpaired) electrons. The third-order valence-corrected chi connectivity index (χ3v) is 4.94. The molecule has 20 heavy (non-hydrogen) atoms. The Morgan fingerprint density at radius 1 is 1.10 bits per heavy atom. The van der Waals surface area contributed by atoms with E-state index in [0.29, 0.717) is 15.8 Å². The lowest BCUT2D eigenvalue weighted by atomic mass is 10.2. The number of nitrogens with one attached hydrogen (secondary N) is 1. The molecule has 0 aromatic heterocycles. The fourth-order valence-electron chi connectivity index (χ4n) is 1.72. The van der Waals surface area contributed by atoms with Crippen molar-refractivity contribution in [2.45, 2.75) is 18.7 Å².